The summed E-state index contributed by atoms with van der Waals surface area (Å²) in [6, 6.07) is 3.41. The van der Waals surface area contributed by atoms with Crippen molar-refractivity contribution in [3.63, 3.8) is 0 Å². The molecule has 1 rings (SSSR count). The molecule has 0 aliphatic heterocycles. The van der Waals surface area contributed by atoms with Gasteiger partial charge in [-0.25, -0.2) is 0 Å². The van der Waals surface area contributed by atoms with Crippen LogP contribution in [0.2, 0.25) is 0 Å². The number of aliphatic hydroxyl groups is 1. The van der Waals surface area contributed by atoms with Gasteiger partial charge in [0.2, 0.25) is 5.91 Å². The third-order valence-corrected chi connectivity index (χ3v) is 3.35. The van der Waals surface area contributed by atoms with Crippen LogP contribution < -0.4 is 15.8 Å². The number of aliphatic hydroxyl groups excluding tert-OH is 1. The SMILES string of the molecule is CC(C)(C)[C@H](N)C(=O)NCC(O)COc1ccc(C(F)(F)F)cc1. The molecular weight excluding hydrogens is 325 g/mol. The number of nitrogens with one attached hydrogen (secondary N) is 1. The van der Waals surface area contributed by atoms with Crippen molar-refractivity contribution in [1.29, 1.82) is 0 Å². The van der Waals surface area contributed by atoms with E-state index in [0.717, 1.165) is 12.1 Å². The predicted octanol–water partition coefficient (Wildman–Crippen LogP) is 1.93. The minimum atomic E-state index is -4.41. The summed E-state index contributed by atoms with van der Waals surface area (Å²) < 4.78 is 42.5. The summed E-state index contributed by atoms with van der Waals surface area (Å²) in [4.78, 5) is 11.8. The summed E-state index contributed by atoms with van der Waals surface area (Å²) in [5, 5.41) is 12.3. The number of halogens is 3. The maximum Gasteiger partial charge on any atom is 0.416 e. The van der Waals surface area contributed by atoms with Crippen LogP contribution >= 0.6 is 0 Å². The summed E-state index contributed by atoms with van der Waals surface area (Å²) in [5.41, 5.74) is 4.59. The molecule has 0 heterocycles. The molecule has 136 valence electrons. The average molecular weight is 348 g/mol. The lowest BCUT2D eigenvalue weighted by atomic mass is 9.87. The van der Waals surface area contributed by atoms with Gasteiger partial charge >= 0.3 is 6.18 Å². The molecule has 2 atom stereocenters. The number of nitrogens with two attached hydrogens (primary N) is 1. The molecule has 0 spiro atoms. The van der Waals surface area contributed by atoms with Crippen LogP contribution in [0.15, 0.2) is 24.3 Å². The van der Waals surface area contributed by atoms with Crippen molar-refractivity contribution in [3.05, 3.63) is 29.8 Å². The molecule has 1 amide bonds. The smallest absolute Gasteiger partial charge is 0.416 e. The van der Waals surface area contributed by atoms with E-state index in [1.165, 1.54) is 12.1 Å². The molecule has 0 aliphatic rings. The first kappa shape index (κ1) is 20.2. The molecule has 0 radical (unpaired) electrons. The highest BCUT2D eigenvalue weighted by atomic mass is 19.4. The van der Waals surface area contributed by atoms with Crippen LogP contribution in [0.5, 0.6) is 5.75 Å². The van der Waals surface area contributed by atoms with Gasteiger partial charge in [0.25, 0.3) is 0 Å². The number of carbonyl (C=O) groups is 1. The largest absolute Gasteiger partial charge is 0.491 e. The highest BCUT2D eigenvalue weighted by Gasteiger charge is 2.30. The minimum absolute atomic E-state index is 0.0662. The topological polar surface area (TPSA) is 84.6 Å². The molecule has 0 aromatic heterocycles. The van der Waals surface area contributed by atoms with Gasteiger partial charge in [-0.3, -0.25) is 4.79 Å². The molecule has 8 heteroatoms. The van der Waals surface area contributed by atoms with Gasteiger partial charge in [0.05, 0.1) is 11.6 Å². The first-order valence-corrected chi connectivity index (χ1v) is 7.42. The van der Waals surface area contributed by atoms with Crippen molar-refractivity contribution in [3.8, 4) is 5.75 Å². The Labute approximate surface area is 139 Å². The number of amides is 1. The molecular formula is C16H23F3N2O3. The Morgan fingerprint density at radius 1 is 1.25 bits per heavy atom. The maximum atomic E-state index is 12.4. The molecule has 0 bridgehead atoms. The lowest BCUT2D eigenvalue weighted by molar-refractivity contribution is -0.137. The molecule has 1 unspecified atom stereocenters. The second-order valence-electron chi connectivity index (χ2n) is 6.58. The molecule has 0 saturated heterocycles. The van der Waals surface area contributed by atoms with Crippen molar-refractivity contribution >= 4 is 5.91 Å². The summed E-state index contributed by atoms with van der Waals surface area (Å²) in [6.45, 7) is 5.23. The van der Waals surface area contributed by atoms with Crippen LogP contribution in [0, 0.1) is 5.41 Å². The highest BCUT2D eigenvalue weighted by Crippen LogP contribution is 2.30. The lowest BCUT2D eigenvalue weighted by Gasteiger charge is -2.26. The van der Waals surface area contributed by atoms with Gasteiger partial charge in [0.1, 0.15) is 18.5 Å². The van der Waals surface area contributed by atoms with Crippen LogP contribution in [0.1, 0.15) is 26.3 Å². The van der Waals surface area contributed by atoms with E-state index in [-0.39, 0.29) is 18.9 Å². The van der Waals surface area contributed by atoms with E-state index >= 15 is 0 Å². The molecule has 4 N–H and O–H groups in total. The van der Waals surface area contributed by atoms with Crippen molar-refractivity contribution in [2.24, 2.45) is 11.1 Å². The van der Waals surface area contributed by atoms with Gasteiger partial charge in [0.15, 0.2) is 0 Å². The predicted molar refractivity (Wildman–Crippen MR) is 83.4 cm³/mol. The molecule has 1 aromatic rings. The number of ether oxygens (including phenoxy) is 1. The number of hydrogen-bond acceptors (Lipinski definition) is 4. The number of rotatable bonds is 6. The number of benzene rings is 1. The molecule has 0 fully saturated rings. The zero-order chi connectivity index (χ0) is 18.5. The van der Waals surface area contributed by atoms with Crippen LogP contribution in [-0.2, 0) is 11.0 Å². The first-order chi connectivity index (χ1) is 10.9. The molecule has 24 heavy (non-hydrogen) atoms. The Morgan fingerprint density at radius 3 is 2.25 bits per heavy atom. The van der Waals surface area contributed by atoms with Gasteiger partial charge in [-0.15, -0.1) is 0 Å². The van der Waals surface area contributed by atoms with Crippen molar-refractivity contribution in [2.75, 3.05) is 13.2 Å². The van der Waals surface area contributed by atoms with Crippen LogP contribution in [0.25, 0.3) is 0 Å². The van der Waals surface area contributed by atoms with Gasteiger partial charge in [-0.05, 0) is 29.7 Å². The number of alkyl halides is 3. The van der Waals surface area contributed by atoms with Crippen LogP contribution in [0.4, 0.5) is 13.2 Å². The van der Waals surface area contributed by atoms with E-state index in [1.54, 1.807) is 0 Å². The Balaban J connectivity index is 2.41. The molecule has 0 saturated carbocycles. The second-order valence-corrected chi connectivity index (χ2v) is 6.58. The Morgan fingerprint density at radius 2 is 1.79 bits per heavy atom. The zero-order valence-electron chi connectivity index (χ0n) is 13.9. The molecule has 5 nitrogen and oxygen atoms in total. The third kappa shape index (κ3) is 6.37. The second kappa shape index (κ2) is 7.85. The fourth-order valence-electron chi connectivity index (χ4n) is 1.71. The van der Waals surface area contributed by atoms with Gasteiger partial charge in [-0.1, -0.05) is 20.8 Å². The number of carbonyl (C=O) groups excluding carboxylic acids is 1. The fraction of sp³-hybridized carbons (Fsp3) is 0.562. The van der Waals surface area contributed by atoms with Crippen molar-refractivity contribution in [2.45, 2.75) is 39.1 Å². The summed E-state index contributed by atoms with van der Waals surface area (Å²) in [7, 11) is 0. The van der Waals surface area contributed by atoms with E-state index < -0.39 is 35.2 Å². The van der Waals surface area contributed by atoms with E-state index in [2.05, 4.69) is 5.32 Å². The van der Waals surface area contributed by atoms with E-state index in [1.807, 2.05) is 20.8 Å². The van der Waals surface area contributed by atoms with Crippen LogP contribution in [0.3, 0.4) is 0 Å². The fourth-order valence-corrected chi connectivity index (χ4v) is 1.71. The van der Waals surface area contributed by atoms with Crippen molar-refractivity contribution < 1.29 is 27.8 Å². The summed E-state index contributed by atoms with van der Waals surface area (Å²) in [5.74, 6) is -0.198. The number of hydrogen-bond donors (Lipinski definition) is 3. The van der Waals surface area contributed by atoms with Crippen molar-refractivity contribution in [1.82, 2.24) is 5.32 Å². The lowest BCUT2D eigenvalue weighted by Crippen LogP contribution is -2.50. The standard InChI is InChI=1S/C16H23F3N2O3/c1-15(2,3)13(20)14(23)21-8-11(22)9-24-12-6-4-10(5-7-12)16(17,18)19/h4-7,11,13,22H,8-9,20H2,1-3H3,(H,21,23)/t11?,13-/m1/s1. The Kier molecular flexibility index (Phi) is 6.62. The zero-order valence-corrected chi connectivity index (χ0v) is 13.9. The quantitative estimate of drug-likeness (QED) is 0.733. The molecule has 1 aromatic carbocycles. The van der Waals surface area contributed by atoms with E-state index in [9.17, 15) is 23.1 Å². The Hall–Kier alpha value is -1.80. The maximum absolute atomic E-state index is 12.4. The van der Waals surface area contributed by atoms with Crippen LogP contribution in [-0.4, -0.2) is 36.3 Å². The minimum Gasteiger partial charge on any atom is -0.491 e. The first-order valence-electron chi connectivity index (χ1n) is 7.42. The normalized spacial score (nSPS) is 14.8. The highest BCUT2D eigenvalue weighted by molar-refractivity contribution is 5.82. The molecule has 0 aliphatic carbocycles. The van der Waals surface area contributed by atoms with Gasteiger partial charge in [-0.2, -0.15) is 13.2 Å². The summed E-state index contributed by atoms with van der Waals surface area (Å²) in [6.07, 6.45) is -5.42. The van der Waals surface area contributed by atoms with E-state index in [4.69, 9.17) is 10.5 Å². The third-order valence-electron chi connectivity index (χ3n) is 3.35. The summed E-state index contributed by atoms with van der Waals surface area (Å²) >= 11 is 0. The van der Waals surface area contributed by atoms with Gasteiger partial charge < -0.3 is 20.9 Å². The monoisotopic (exact) mass is 348 g/mol. The van der Waals surface area contributed by atoms with E-state index in [0.29, 0.717) is 0 Å². The van der Waals surface area contributed by atoms with Gasteiger partial charge in [0, 0.05) is 6.54 Å². The average Bonchev–Trinajstić information content (AvgIpc) is 2.48. The Bertz CT molecular complexity index is 539.